The maximum absolute atomic E-state index is 12.8. The average Bonchev–Trinajstić information content (AvgIpc) is 3.30. The van der Waals surface area contributed by atoms with Crippen molar-refractivity contribution in [1.29, 1.82) is 0 Å². The van der Waals surface area contributed by atoms with E-state index >= 15 is 0 Å². The normalized spacial score (nSPS) is 10.6. The van der Waals surface area contributed by atoms with Crippen molar-refractivity contribution in [1.82, 2.24) is 20.1 Å². The van der Waals surface area contributed by atoms with Gasteiger partial charge in [-0.05, 0) is 41.0 Å². The smallest absolute Gasteiger partial charge is 0.255 e. The number of carbonyl (C=O) groups excluding carboxylic acids is 1. The fourth-order valence-corrected chi connectivity index (χ4v) is 3.56. The van der Waals surface area contributed by atoms with Gasteiger partial charge in [-0.25, -0.2) is 9.67 Å². The molecule has 1 amide bonds. The Morgan fingerprint density at radius 2 is 1.77 bits per heavy atom. The number of nitrogens with one attached hydrogen (secondary N) is 1. The van der Waals surface area contributed by atoms with Crippen LogP contribution in [-0.2, 0) is 19.7 Å². The number of hydrogen-bond donors (Lipinski definition) is 1. The van der Waals surface area contributed by atoms with Crippen LogP contribution in [0.1, 0.15) is 27.0 Å². The van der Waals surface area contributed by atoms with E-state index in [2.05, 4.69) is 31.3 Å². The molecule has 31 heavy (non-hydrogen) atoms. The standard InChI is InChI=1S/C24H21BrN4O2/c25-21-5-3-4-20(12-21)15-31-23-7-2-1-6-22(23)24(30)27-13-18-8-10-19(11-9-18)14-29-17-26-16-28-29/h1-12,16-17H,13-15H2,(H,27,30). The first kappa shape index (κ1) is 20.8. The molecule has 0 spiro atoms. The van der Waals surface area contributed by atoms with Crippen molar-refractivity contribution < 1.29 is 9.53 Å². The molecule has 0 aliphatic carbocycles. The molecule has 0 aliphatic heterocycles. The third-order valence-corrected chi connectivity index (χ3v) is 5.20. The van der Waals surface area contributed by atoms with E-state index < -0.39 is 0 Å². The third kappa shape index (κ3) is 5.79. The third-order valence-electron chi connectivity index (χ3n) is 4.70. The molecule has 0 fully saturated rings. The second kappa shape index (κ2) is 10.0. The Hall–Kier alpha value is -3.45. The highest BCUT2D eigenvalue weighted by molar-refractivity contribution is 9.10. The highest BCUT2D eigenvalue weighted by Crippen LogP contribution is 2.20. The SMILES string of the molecule is O=C(NCc1ccc(Cn2cncn2)cc1)c1ccccc1OCc1cccc(Br)c1. The molecule has 0 aliphatic rings. The zero-order chi connectivity index (χ0) is 21.5. The van der Waals surface area contributed by atoms with Gasteiger partial charge < -0.3 is 10.1 Å². The Labute approximate surface area is 189 Å². The molecule has 1 aromatic heterocycles. The zero-order valence-electron chi connectivity index (χ0n) is 16.7. The molecule has 1 heterocycles. The lowest BCUT2D eigenvalue weighted by Crippen LogP contribution is -2.23. The number of hydrogen-bond acceptors (Lipinski definition) is 4. The van der Waals surface area contributed by atoms with Gasteiger partial charge in [0, 0.05) is 11.0 Å². The van der Waals surface area contributed by atoms with Crippen molar-refractivity contribution in [2.45, 2.75) is 19.7 Å². The van der Waals surface area contributed by atoms with Gasteiger partial charge in [-0.15, -0.1) is 0 Å². The van der Waals surface area contributed by atoms with Crippen LogP contribution in [0.3, 0.4) is 0 Å². The molecule has 0 atom stereocenters. The van der Waals surface area contributed by atoms with E-state index in [0.717, 1.165) is 21.2 Å². The minimum Gasteiger partial charge on any atom is -0.488 e. The number of para-hydroxylation sites is 1. The van der Waals surface area contributed by atoms with E-state index in [1.165, 1.54) is 6.33 Å². The van der Waals surface area contributed by atoms with Gasteiger partial charge in [0.1, 0.15) is 25.0 Å². The maximum Gasteiger partial charge on any atom is 0.255 e. The number of nitrogens with zero attached hydrogens (tertiary/aromatic N) is 3. The highest BCUT2D eigenvalue weighted by atomic mass is 79.9. The molecule has 4 rings (SSSR count). The van der Waals surface area contributed by atoms with Crippen LogP contribution >= 0.6 is 15.9 Å². The summed E-state index contributed by atoms with van der Waals surface area (Å²) in [6, 6.07) is 23.2. The summed E-state index contributed by atoms with van der Waals surface area (Å²) in [5.41, 5.74) is 3.67. The van der Waals surface area contributed by atoms with Crippen LogP contribution in [0.5, 0.6) is 5.75 Å². The minimum absolute atomic E-state index is 0.170. The Kier molecular flexibility index (Phi) is 6.74. The molecule has 0 saturated carbocycles. The Bertz CT molecular complexity index is 1140. The summed E-state index contributed by atoms with van der Waals surface area (Å²) in [5.74, 6) is 0.389. The number of rotatable bonds is 8. The monoisotopic (exact) mass is 476 g/mol. The van der Waals surface area contributed by atoms with Crippen LogP contribution in [0, 0.1) is 0 Å². The lowest BCUT2D eigenvalue weighted by Gasteiger charge is -2.12. The first-order valence-corrected chi connectivity index (χ1v) is 10.6. The van der Waals surface area contributed by atoms with E-state index in [9.17, 15) is 4.79 Å². The van der Waals surface area contributed by atoms with Crippen molar-refractivity contribution in [3.05, 3.63) is 112 Å². The van der Waals surface area contributed by atoms with Gasteiger partial charge in [0.2, 0.25) is 0 Å². The fourth-order valence-electron chi connectivity index (χ4n) is 3.11. The van der Waals surface area contributed by atoms with Gasteiger partial charge in [0.15, 0.2) is 0 Å². The number of carbonyl (C=O) groups is 1. The van der Waals surface area contributed by atoms with Gasteiger partial charge in [0.25, 0.3) is 5.91 Å². The number of ether oxygens (including phenoxy) is 1. The molecule has 0 unspecified atom stereocenters. The number of aromatic nitrogens is 3. The van der Waals surface area contributed by atoms with E-state index in [4.69, 9.17) is 4.74 Å². The van der Waals surface area contributed by atoms with Gasteiger partial charge in [-0.1, -0.05) is 64.5 Å². The second-order valence-corrected chi connectivity index (χ2v) is 7.92. The summed E-state index contributed by atoms with van der Waals surface area (Å²) >= 11 is 3.46. The van der Waals surface area contributed by atoms with Gasteiger partial charge in [-0.3, -0.25) is 4.79 Å². The van der Waals surface area contributed by atoms with Gasteiger partial charge in [0.05, 0.1) is 12.1 Å². The Morgan fingerprint density at radius 3 is 2.55 bits per heavy atom. The topological polar surface area (TPSA) is 69.0 Å². The summed E-state index contributed by atoms with van der Waals surface area (Å²) in [4.78, 5) is 16.7. The lowest BCUT2D eigenvalue weighted by molar-refractivity contribution is 0.0946. The summed E-state index contributed by atoms with van der Waals surface area (Å²) in [6.07, 6.45) is 3.20. The molecule has 156 valence electrons. The average molecular weight is 477 g/mol. The van der Waals surface area contributed by atoms with Gasteiger partial charge >= 0.3 is 0 Å². The van der Waals surface area contributed by atoms with Crippen LogP contribution in [0.2, 0.25) is 0 Å². The van der Waals surface area contributed by atoms with Crippen molar-refractivity contribution in [2.24, 2.45) is 0 Å². The Balaban J connectivity index is 1.35. The van der Waals surface area contributed by atoms with Crippen LogP contribution in [0.4, 0.5) is 0 Å². The fraction of sp³-hybridized carbons (Fsp3) is 0.125. The molecular weight excluding hydrogens is 456 g/mol. The molecule has 0 radical (unpaired) electrons. The van der Waals surface area contributed by atoms with Crippen LogP contribution in [-0.4, -0.2) is 20.7 Å². The van der Waals surface area contributed by atoms with E-state index in [0.29, 0.717) is 31.0 Å². The predicted molar refractivity (Wildman–Crippen MR) is 122 cm³/mol. The van der Waals surface area contributed by atoms with Gasteiger partial charge in [-0.2, -0.15) is 5.10 Å². The largest absolute Gasteiger partial charge is 0.488 e. The molecule has 0 bridgehead atoms. The quantitative estimate of drug-likeness (QED) is 0.403. The predicted octanol–water partition coefficient (Wildman–Crippen LogP) is 4.60. The molecule has 6 nitrogen and oxygen atoms in total. The maximum atomic E-state index is 12.8. The highest BCUT2D eigenvalue weighted by Gasteiger charge is 2.12. The van der Waals surface area contributed by atoms with Crippen LogP contribution in [0.15, 0.2) is 89.9 Å². The van der Waals surface area contributed by atoms with E-state index in [1.54, 1.807) is 17.1 Å². The summed E-state index contributed by atoms with van der Waals surface area (Å²) in [7, 11) is 0. The number of halogens is 1. The second-order valence-electron chi connectivity index (χ2n) is 7.01. The van der Waals surface area contributed by atoms with Crippen molar-refractivity contribution in [2.75, 3.05) is 0 Å². The summed E-state index contributed by atoms with van der Waals surface area (Å²) in [6.45, 7) is 1.48. The minimum atomic E-state index is -0.170. The number of benzene rings is 3. The van der Waals surface area contributed by atoms with E-state index in [1.807, 2.05) is 66.7 Å². The molecular formula is C24H21BrN4O2. The zero-order valence-corrected chi connectivity index (χ0v) is 18.3. The van der Waals surface area contributed by atoms with Crippen LogP contribution in [0.25, 0.3) is 0 Å². The number of amides is 1. The first-order valence-electron chi connectivity index (χ1n) is 9.82. The van der Waals surface area contributed by atoms with Crippen LogP contribution < -0.4 is 10.1 Å². The Morgan fingerprint density at radius 1 is 0.968 bits per heavy atom. The van der Waals surface area contributed by atoms with E-state index in [-0.39, 0.29) is 5.91 Å². The first-order chi connectivity index (χ1) is 15.2. The molecule has 1 N–H and O–H groups in total. The molecule has 4 aromatic rings. The summed E-state index contributed by atoms with van der Waals surface area (Å²) < 4.78 is 8.68. The lowest BCUT2D eigenvalue weighted by atomic mass is 10.1. The van der Waals surface area contributed by atoms with Crippen molar-refractivity contribution >= 4 is 21.8 Å². The molecule has 7 heteroatoms. The molecule has 3 aromatic carbocycles. The summed E-state index contributed by atoms with van der Waals surface area (Å²) in [5, 5.41) is 7.08. The van der Waals surface area contributed by atoms with Crippen molar-refractivity contribution in [3.8, 4) is 5.75 Å². The molecule has 0 saturated heterocycles. The van der Waals surface area contributed by atoms with Crippen molar-refractivity contribution in [3.63, 3.8) is 0 Å².